The van der Waals surface area contributed by atoms with Crippen LogP contribution < -0.4 is 10.6 Å². The van der Waals surface area contributed by atoms with Crippen LogP contribution >= 0.6 is 0 Å². The van der Waals surface area contributed by atoms with E-state index in [9.17, 15) is 4.79 Å². The largest absolute Gasteiger partial charge is 0.348 e. The van der Waals surface area contributed by atoms with Crippen LogP contribution in [0.2, 0.25) is 0 Å². The first kappa shape index (κ1) is 9.06. The van der Waals surface area contributed by atoms with Gasteiger partial charge in [0.25, 0.3) is 5.91 Å². The Balaban J connectivity index is 3.02. The van der Waals surface area contributed by atoms with E-state index in [4.69, 9.17) is 0 Å². The van der Waals surface area contributed by atoms with Crippen LogP contribution in [-0.4, -0.2) is 22.4 Å². The van der Waals surface area contributed by atoms with Gasteiger partial charge >= 0.3 is 0 Å². The van der Waals surface area contributed by atoms with Crippen molar-refractivity contribution >= 4 is 18.2 Å². The molecular formula is C11H14N2O. The van der Waals surface area contributed by atoms with E-state index in [1.807, 2.05) is 25.5 Å². The minimum absolute atomic E-state index is 0.0838. The smallest absolute Gasteiger partial charge is 0.260 e. The standard InChI is InChI=1S/C11H14N2O/c1-6-9-7(2)13(5)11(14)10(9)8(3)12(6)4/h1H2,2-5H3. The van der Waals surface area contributed by atoms with E-state index >= 15 is 0 Å². The molecule has 0 atom stereocenters. The number of rotatable bonds is 0. The monoisotopic (exact) mass is 190 g/mol. The van der Waals surface area contributed by atoms with Crippen molar-refractivity contribution in [1.29, 1.82) is 0 Å². The maximum atomic E-state index is 11.9. The molecule has 2 heterocycles. The van der Waals surface area contributed by atoms with Gasteiger partial charge in [-0.1, -0.05) is 6.58 Å². The highest BCUT2D eigenvalue weighted by Crippen LogP contribution is 2.15. The van der Waals surface area contributed by atoms with Crippen molar-refractivity contribution in [2.75, 3.05) is 7.05 Å². The van der Waals surface area contributed by atoms with Crippen molar-refractivity contribution in [1.82, 2.24) is 9.47 Å². The van der Waals surface area contributed by atoms with Crippen LogP contribution in [0.3, 0.4) is 0 Å². The first-order valence-electron chi connectivity index (χ1n) is 4.60. The Labute approximate surface area is 82.9 Å². The predicted molar refractivity (Wildman–Crippen MR) is 56.1 cm³/mol. The fraction of sp³-hybridized carbons (Fsp3) is 0.364. The van der Waals surface area contributed by atoms with Crippen LogP contribution in [0, 0.1) is 6.92 Å². The number of fused-ring (bicyclic) bond motifs is 1. The molecule has 0 radical (unpaired) electrons. The highest BCUT2D eigenvalue weighted by atomic mass is 16.2. The van der Waals surface area contributed by atoms with E-state index in [2.05, 4.69) is 6.58 Å². The topological polar surface area (TPSA) is 25.2 Å². The van der Waals surface area contributed by atoms with Gasteiger partial charge < -0.3 is 9.47 Å². The van der Waals surface area contributed by atoms with Crippen molar-refractivity contribution in [2.24, 2.45) is 7.05 Å². The van der Waals surface area contributed by atoms with Crippen molar-refractivity contribution in [2.45, 2.75) is 13.8 Å². The predicted octanol–water partition coefficient (Wildman–Crippen LogP) is -0.0425. The lowest BCUT2D eigenvalue weighted by atomic mass is 10.2. The fourth-order valence-corrected chi connectivity index (χ4v) is 2.00. The maximum Gasteiger partial charge on any atom is 0.260 e. The molecule has 1 aliphatic heterocycles. The molecule has 0 bridgehead atoms. The summed E-state index contributed by atoms with van der Waals surface area (Å²) in [6, 6.07) is 0. The molecule has 3 heteroatoms. The average molecular weight is 190 g/mol. The summed E-state index contributed by atoms with van der Waals surface area (Å²) in [6.45, 7) is 7.91. The highest BCUT2D eigenvalue weighted by Gasteiger charge is 2.27. The second-order valence-electron chi connectivity index (χ2n) is 3.79. The average Bonchev–Trinajstić information content (AvgIpc) is 2.51. The molecule has 14 heavy (non-hydrogen) atoms. The second kappa shape index (κ2) is 2.50. The Morgan fingerprint density at radius 3 is 2.29 bits per heavy atom. The van der Waals surface area contributed by atoms with E-state index in [-0.39, 0.29) is 5.91 Å². The van der Waals surface area contributed by atoms with Gasteiger partial charge in [0.05, 0.1) is 5.56 Å². The summed E-state index contributed by atoms with van der Waals surface area (Å²) in [5, 5.41) is 1.94. The van der Waals surface area contributed by atoms with Crippen LogP contribution in [0.1, 0.15) is 23.0 Å². The summed E-state index contributed by atoms with van der Waals surface area (Å²) in [5.74, 6) is 0.0838. The lowest BCUT2D eigenvalue weighted by Crippen LogP contribution is -2.28. The third-order valence-corrected chi connectivity index (χ3v) is 3.19. The molecule has 0 unspecified atom stereocenters. The first-order valence-corrected chi connectivity index (χ1v) is 4.60. The lowest BCUT2D eigenvalue weighted by molar-refractivity contribution is 0.0868. The molecule has 0 saturated heterocycles. The van der Waals surface area contributed by atoms with Crippen LogP contribution in [0.25, 0.3) is 12.3 Å². The molecule has 3 nitrogen and oxygen atoms in total. The third-order valence-electron chi connectivity index (χ3n) is 3.19. The van der Waals surface area contributed by atoms with Gasteiger partial charge in [0.15, 0.2) is 0 Å². The molecule has 1 aliphatic rings. The van der Waals surface area contributed by atoms with Gasteiger partial charge in [-0.05, 0) is 13.8 Å². The van der Waals surface area contributed by atoms with Gasteiger partial charge in [-0.2, -0.15) is 0 Å². The van der Waals surface area contributed by atoms with E-state index in [0.29, 0.717) is 0 Å². The lowest BCUT2D eigenvalue weighted by Gasteiger charge is -2.11. The number of amides is 1. The van der Waals surface area contributed by atoms with Crippen LogP contribution in [0.5, 0.6) is 0 Å². The summed E-state index contributed by atoms with van der Waals surface area (Å²) in [4.78, 5) is 13.5. The molecule has 0 N–H and O–H groups in total. The summed E-state index contributed by atoms with van der Waals surface area (Å²) in [7, 11) is 3.74. The zero-order valence-corrected chi connectivity index (χ0v) is 9.01. The molecule has 0 aliphatic carbocycles. The molecule has 0 spiro atoms. The summed E-state index contributed by atoms with van der Waals surface area (Å²) >= 11 is 0. The number of hydrogen-bond acceptors (Lipinski definition) is 1. The molecule has 0 saturated carbocycles. The molecule has 1 aromatic heterocycles. The first-order chi connectivity index (χ1) is 6.46. The van der Waals surface area contributed by atoms with Crippen molar-refractivity contribution in [3.8, 4) is 0 Å². The highest BCUT2D eigenvalue weighted by molar-refractivity contribution is 6.03. The summed E-state index contributed by atoms with van der Waals surface area (Å²) in [5.41, 5.74) is 2.81. The van der Waals surface area contributed by atoms with Crippen LogP contribution in [-0.2, 0) is 7.05 Å². The Morgan fingerprint density at radius 2 is 1.79 bits per heavy atom. The van der Waals surface area contributed by atoms with Crippen LogP contribution in [0.4, 0.5) is 0 Å². The molecule has 0 fully saturated rings. The third kappa shape index (κ3) is 0.794. The van der Waals surface area contributed by atoms with Gasteiger partial charge in [-0.3, -0.25) is 4.79 Å². The van der Waals surface area contributed by atoms with Crippen molar-refractivity contribution in [3.05, 3.63) is 21.8 Å². The number of nitrogens with zero attached hydrogens (tertiary/aromatic N) is 2. The molecule has 74 valence electrons. The second-order valence-corrected chi connectivity index (χ2v) is 3.79. The summed E-state index contributed by atoms with van der Waals surface area (Å²) < 4.78 is 1.97. The molecule has 1 aromatic rings. The van der Waals surface area contributed by atoms with E-state index in [1.54, 1.807) is 11.9 Å². The zero-order chi connectivity index (χ0) is 10.6. The molecule has 2 rings (SSSR count). The minimum Gasteiger partial charge on any atom is -0.348 e. The maximum absolute atomic E-state index is 11.9. The van der Waals surface area contributed by atoms with E-state index in [1.165, 1.54) is 0 Å². The normalized spacial score (nSPS) is 15.3. The Morgan fingerprint density at radius 1 is 1.21 bits per heavy atom. The van der Waals surface area contributed by atoms with Gasteiger partial charge in [-0.25, -0.2) is 0 Å². The van der Waals surface area contributed by atoms with Crippen molar-refractivity contribution < 1.29 is 4.79 Å². The van der Waals surface area contributed by atoms with Gasteiger partial charge in [0.2, 0.25) is 0 Å². The number of carbonyl (C=O) groups is 1. The van der Waals surface area contributed by atoms with E-state index < -0.39 is 0 Å². The van der Waals surface area contributed by atoms with E-state index in [0.717, 1.165) is 27.5 Å². The quantitative estimate of drug-likeness (QED) is 0.563. The Hall–Kier alpha value is -1.51. The SMILES string of the molecule is C=c1c2c(c(C)n1C)C(=O)N(C)C=2C. The van der Waals surface area contributed by atoms with Gasteiger partial charge in [-0.15, -0.1) is 0 Å². The Kier molecular flexibility index (Phi) is 1.62. The zero-order valence-electron chi connectivity index (χ0n) is 9.01. The number of carbonyl (C=O) groups excluding carboxylic acids is 1. The molecular weight excluding hydrogens is 176 g/mol. The fourth-order valence-electron chi connectivity index (χ4n) is 2.00. The van der Waals surface area contributed by atoms with Crippen LogP contribution in [0.15, 0.2) is 0 Å². The Bertz CT molecular complexity index is 537. The van der Waals surface area contributed by atoms with Crippen molar-refractivity contribution in [3.63, 3.8) is 0 Å². The number of aromatic nitrogens is 1. The van der Waals surface area contributed by atoms with Gasteiger partial charge in [0.1, 0.15) is 0 Å². The number of hydrogen-bond donors (Lipinski definition) is 0. The molecule has 0 aromatic carbocycles. The minimum atomic E-state index is 0.0838. The molecule has 1 amide bonds. The summed E-state index contributed by atoms with van der Waals surface area (Å²) in [6.07, 6.45) is 0. The van der Waals surface area contributed by atoms with Gasteiger partial charge in [0, 0.05) is 36.1 Å².